The van der Waals surface area contributed by atoms with Crippen LogP contribution in [0.3, 0.4) is 0 Å². The summed E-state index contributed by atoms with van der Waals surface area (Å²) in [6.45, 7) is 4.38. The van der Waals surface area contributed by atoms with E-state index in [1.54, 1.807) is 12.1 Å². The molecular weight excluding hydrogens is 354 g/mol. The van der Waals surface area contributed by atoms with Crippen molar-refractivity contribution in [2.45, 2.75) is 18.9 Å². The molecule has 0 aliphatic carbocycles. The van der Waals surface area contributed by atoms with Crippen molar-refractivity contribution < 1.29 is 13.5 Å². The zero-order valence-electron chi connectivity index (χ0n) is 15.0. The standard InChI is InChI=1S/C19H22F2N4O2/c20-15-3-1-2-14(18(15)21)12-24-5-4-13(11-24)16-10-17(26)23-19(22-16)25-6-8-27-9-7-25/h1-3,10,13H,4-9,11-12H2,(H,22,23,26)/t13-/m0/s1. The van der Waals surface area contributed by atoms with Crippen LogP contribution in [0, 0.1) is 11.6 Å². The average Bonchev–Trinajstić information content (AvgIpc) is 3.14. The first-order chi connectivity index (χ1) is 13.1. The van der Waals surface area contributed by atoms with Gasteiger partial charge in [0.15, 0.2) is 11.6 Å². The summed E-state index contributed by atoms with van der Waals surface area (Å²) in [6, 6.07) is 5.79. The average molecular weight is 376 g/mol. The fourth-order valence-corrected chi connectivity index (χ4v) is 3.73. The van der Waals surface area contributed by atoms with Gasteiger partial charge in [0.05, 0.1) is 18.9 Å². The van der Waals surface area contributed by atoms with E-state index in [4.69, 9.17) is 4.74 Å². The number of benzene rings is 1. The highest BCUT2D eigenvalue weighted by molar-refractivity contribution is 5.32. The van der Waals surface area contributed by atoms with Crippen LogP contribution < -0.4 is 10.5 Å². The molecule has 2 aliphatic heterocycles. The van der Waals surface area contributed by atoms with Gasteiger partial charge >= 0.3 is 0 Å². The maximum Gasteiger partial charge on any atom is 0.252 e. The van der Waals surface area contributed by atoms with Crippen LogP contribution in [-0.4, -0.2) is 54.3 Å². The quantitative estimate of drug-likeness (QED) is 0.883. The molecule has 2 aliphatic rings. The van der Waals surface area contributed by atoms with Crippen LogP contribution in [-0.2, 0) is 11.3 Å². The zero-order chi connectivity index (χ0) is 18.8. The van der Waals surface area contributed by atoms with Gasteiger partial charge in [-0.05, 0) is 19.0 Å². The Morgan fingerprint density at radius 2 is 2.04 bits per heavy atom. The third-order valence-corrected chi connectivity index (χ3v) is 5.18. The summed E-state index contributed by atoms with van der Waals surface area (Å²) >= 11 is 0. The van der Waals surface area contributed by atoms with E-state index in [9.17, 15) is 13.6 Å². The van der Waals surface area contributed by atoms with Gasteiger partial charge in [-0.2, -0.15) is 0 Å². The lowest BCUT2D eigenvalue weighted by atomic mass is 10.0. The molecule has 27 heavy (non-hydrogen) atoms. The number of hydrogen-bond donors (Lipinski definition) is 1. The Morgan fingerprint density at radius 3 is 2.85 bits per heavy atom. The molecule has 1 aromatic carbocycles. The summed E-state index contributed by atoms with van der Waals surface area (Å²) in [7, 11) is 0. The van der Waals surface area contributed by atoms with E-state index in [2.05, 4.69) is 14.9 Å². The van der Waals surface area contributed by atoms with Gasteiger partial charge in [0, 0.05) is 43.7 Å². The summed E-state index contributed by atoms with van der Waals surface area (Å²) in [5, 5.41) is 0. The van der Waals surface area contributed by atoms with Crippen LogP contribution in [0.2, 0.25) is 0 Å². The van der Waals surface area contributed by atoms with Gasteiger partial charge in [0.25, 0.3) is 5.56 Å². The first-order valence-electron chi connectivity index (χ1n) is 9.19. The zero-order valence-corrected chi connectivity index (χ0v) is 15.0. The number of halogens is 2. The molecule has 8 heteroatoms. The maximum atomic E-state index is 13.9. The van der Waals surface area contributed by atoms with Crippen molar-refractivity contribution in [3.63, 3.8) is 0 Å². The molecule has 6 nitrogen and oxygen atoms in total. The minimum atomic E-state index is -0.824. The number of anilines is 1. The number of ether oxygens (including phenoxy) is 1. The highest BCUT2D eigenvalue weighted by atomic mass is 19.2. The lowest BCUT2D eigenvalue weighted by Crippen LogP contribution is -2.38. The van der Waals surface area contributed by atoms with E-state index in [1.165, 1.54) is 6.07 Å². The molecule has 0 radical (unpaired) electrons. The molecule has 4 rings (SSSR count). The Labute approximate surface area is 155 Å². The molecule has 0 unspecified atom stereocenters. The summed E-state index contributed by atoms with van der Waals surface area (Å²) in [6.07, 6.45) is 0.829. The largest absolute Gasteiger partial charge is 0.378 e. The number of aromatic amines is 1. The van der Waals surface area contributed by atoms with Crippen molar-refractivity contribution >= 4 is 5.95 Å². The van der Waals surface area contributed by atoms with Crippen LogP contribution in [0.5, 0.6) is 0 Å². The van der Waals surface area contributed by atoms with Crippen molar-refractivity contribution in [2.24, 2.45) is 0 Å². The van der Waals surface area contributed by atoms with Crippen LogP contribution in [0.25, 0.3) is 0 Å². The Kier molecular flexibility index (Phi) is 5.18. The molecule has 3 heterocycles. The summed E-state index contributed by atoms with van der Waals surface area (Å²) in [4.78, 5) is 23.7. The van der Waals surface area contributed by atoms with Crippen molar-refractivity contribution in [1.29, 1.82) is 0 Å². The van der Waals surface area contributed by atoms with Crippen molar-refractivity contribution in [1.82, 2.24) is 14.9 Å². The molecule has 2 fully saturated rings. The molecule has 0 bridgehead atoms. The van der Waals surface area contributed by atoms with Crippen molar-refractivity contribution in [3.05, 3.63) is 57.5 Å². The Hall–Kier alpha value is -2.32. The molecule has 2 saturated heterocycles. The molecule has 0 spiro atoms. The minimum Gasteiger partial charge on any atom is -0.378 e. The highest BCUT2D eigenvalue weighted by Crippen LogP contribution is 2.28. The molecule has 0 saturated carbocycles. The van der Waals surface area contributed by atoms with E-state index in [0.717, 1.165) is 24.7 Å². The van der Waals surface area contributed by atoms with E-state index >= 15 is 0 Å². The first kappa shape index (κ1) is 18.1. The van der Waals surface area contributed by atoms with E-state index < -0.39 is 11.6 Å². The molecule has 1 N–H and O–H groups in total. The van der Waals surface area contributed by atoms with Crippen LogP contribution in [0.15, 0.2) is 29.1 Å². The van der Waals surface area contributed by atoms with Gasteiger partial charge in [0.2, 0.25) is 5.95 Å². The van der Waals surface area contributed by atoms with E-state index in [1.807, 2.05) is 4.90 Å². The Bertz CT molecular complexity index is 867. The van der Waals surface area contributed by atoms with Gasteiger partial charge in [-0.1, -0.05) is 12.1 Å². The Morgan fingerprint density at radius 1 is 1.22 bits per heavy atom. The summed E-state index contributed by atoms with van der Waals surface area (Å²) < 4.78 is 32.7. The Balaban J connectivity index is 1.47. The summed E-state index contributed by atoms with van der Waals surface area (Å²) in [5.74, 6) is -0.932. The molecule has 1 atom stereocenters. The SMILES string of the molecule is O=c1cc([C@H]2CCN(Cc3cccc(F)c3F)C2)nc(N2CCOCC2)[nH]1. The van der Waals surface area contributed by atoms with Gasteiger partial charge in [-0.25, -0.2) is 13.8 Å². The topological polar surface area (TPSA) is 61.5 Å². The predicted molar refractivity (Wildman–Crippen MR) is 96.9 cm³/mol. The van der Waals surface area contributed by atoms with Gasteiger partial charge in [0.1, 0.15) is 0 Å². The number of rotatable bonds is 4. The number of H-pyrrole nitrogens is 1. The number of nitrogens with one attached hydrogen (secondary N) is 1. The molecular formula is C19H22F2N4O2. The number of aromatic nitrogens is 2. The number of nitrogens with zero attached hydrogens (tertiary/aromatic N) is 3. The molecule has 144 valence electrons. The fraction of sp³-hybridized carbons (Fsp3) is 0.474. The minimum absolute atomic E-state index is 0.101. The fourth-order valence-electron chi connectivity index (χ4n) is 3.73. The second-order valence-corrected chi connectivity index (χ2v) is 7.03. The van der Waals surface area contributed by atoms with E-state index in [0.29, 0.717) is 50.9 Å². The molecule has 1 aromatic heterocycles. The van der Waals surface area contributed by atoms with Gasteiger partial charge in [-0.3, -0.25) is 14.7 Å². The second kappa shape index (κ2) is 7.74. The highest BCUT2D eigenvalue weighted by Gasteiger charge is 2.27. The monoisotopic (exact) mass is 376 g/mol. The normalized spacial score (nSPS) is 21.0. The van der Waals surface area contributed by atoms with Crippen LogP contribution >= 0.6 is 0 Å². The second-order valence-electron chi connectivity index (χ2n) is 7.03. The first-order valence-corrected chi connectivity index (χ1v) is 9.19. The third kappa shape index (κ3) is 4.01. The lowest BCUT2D eigenvalue weighted by molar-refractivity contribution is 0.122. The van der Waals surface area contributed by atoms with Crippen LogP contribution in [0.4, 0.5) is 14.7 Å². The van der Waals surface area contributed by atoms with Gasteiger partial charge < -0.3 is 9.64 Å². The van der Waals surface area contributed by atoms with Crippen molar-refractivity contribution in [2.75, 3.05) is 44.3 Å². The number of morpholine rings is 1. The molecule has 0 amide bonds. The third-order valence-electron chi connectivity index (χ3n) is 5.18. The number of hydrogen-bond acceptors (Lipinski definition) is 5. The smallest absolute Gasteiger partial charge is 0.252 e. The van der Waals surface area contributed by atoms with Crippen molar-refractivity contribution in [3.8, 4) is 0 Å². The predicted octanol–water partition coefficient (Wildman–Crippen LogP) is 1.87. The molecule has 2 aromatic rings. The lowest BCUT2D eigenvalue weighted by Gasteiger charge is -2.27. The maximum absolute atomic E-state index is 13.9. The summed E-state index contributed by atoms with van der Waals surface area (Å²) in [5.41, 5.74) is 0.932. The van der Waals surface area contributed by atoms with Crippen LogP contribution in [0.1, 0.15) is 23.6 Å². The van der Waals surface area contributed by atoms with E-state index in [-0.39, 0.29) is 11.5 Å². The number of likely N-dealkylation sites (tertiary alicyclic amines) is 1. The van der Waals surface area contributed by atoms with Gasteiger partial charge in [-0.15, -0.1) is 0 Å².